The summed E-state index contributed by atoms with van der Waals surface area (Å²) >= 11 is 0. The summed E-state index contributed by atoms with van der Waals surface area (Å²) in [6, 6.07) is 0. The Labute approximate surface area is 86.9 Å². The average Bonchev–Trinajstić information content (AvgIpc) is 1.79. The van der Waals surface area contributed by atoms with Gasteiger partial charge in [0.25, 0.3) is 5.79 Å². The lowest BCUT2D eigenvalue weighted by molar-refractivity contribution is -0.237. The van der Waals surface area contributed by atoms with Gasteiger partial charge in [0, 0.05) is 6.92 Å². The molecule has 0 unspecified atom stereocenters. The van der Waals surface area contributed by atoms with Gasteiger partial charge in [-0.25, -0.2) is 4.79 Å². The molecule has 4 nitrogen and oxygen atoms in total. The third-order valence-corrected chi connectivity index (χ3v) is 2.27. The zero-order chi connectivity index (χ0) is 11.6. The number of hydrogen-bond donors (Lipinski definition) is 1. The topological polar surface area (TPSA) is 55.8 Å². The van der Waals surface area contributed by atoms with E-state index in [1.165, 1.54) is 6.92 Å². The van der Waals surface area contributed by atoms with E-state index in [0.717, 1.165) is 0 Å². The molecule has 1 N–H and O–H groups in total. The quantitative estimate of drug-likeness (QED) is 0.577. The highest BCUT2D eigenvalue weighted by atomic mass is 28.3. The third kappa shape index (κ3) is 4.73. The minimum Gasteiger partial charge on any atom is -0.477 e. The highest BCUT2D eigenvalue weighted by Crippen LogP contribution is 2.22. The van der Waals surface area contributed by atoms with Crippen molar-refractivity contribution >= 4 is 15.0 Å². The van der Waals surface area contributed by atoms with Crippen molar-refractivity contribution < 1.29 is 19.1 Å². The molecule has 0 amide bonds. The van der Waals surface area contributed by atoms with E-state index in [1.54, 1.807) is 20.8 Å². The lowest BCUT2D eigenvalue weighted by Gasteiger charge is -2.34. The van der Waals surface area contributed by atoms with Crippen LogP contribution in [0.3, 0.4) is 0 Å². The second kappa shape index (κ2) is 4.42. The fraction of sp³-hybridized carbons (Fsp3) is 0.889. The smallest absolute Gasteiger partial charge is 0.363 e. The Kier molecular flexibility index (Phi) is 4.29. The first-order valence-corrected chi connectivity index (χ1v) is 7.46. The van der Waals surface area contributed by atoms with Gasteiger partial charge in [-0.3, -0.25) is 0 Å². The summed E-state index contributed by atoms with van der Waals surface area (Å²) in [5, 5.41) is 9.02. The standard InChI is InChI=1S/C9H20O4Si/c1-8(2,3)12-9(4,7(10)11)13-14(5)6/h14H,1-6H3,(H,10,11)/t9-/m0/s1. The molecule has 0 spiro atoms. The Hall–Kier alpha value is -0.393. The molecule has 0 aliphatic rings. The van der Waals surface area contributed by atoms with E-state index in [9.17, 15) is 4.79 Å². The predicted molar refractivity (Wildman–Crippen MR) is 56.8 cm³/mol. The second-order valence-corrected chi connectivity index (χ2v) is 6.97. The molecular formula is C9H20O4Si. The molecule has 1 atom stereocenters. The summed E-state index contributed by atoms with van der Waals surface area (Å²) < 4.78 is 10.8. The van der Waals surface area contributed by atoms with Gasteiger partial charge in [-0.1, -0.05) is 0 Å². The van der Waals surface area contributed by atoms with E-state index >= 15 is 0 Å². The van der Waals surface area contributed by atoms with Gasteiger partial charge in [0.15, 0.2) is 9.04 Å². The summed E-state index contributed by atoms with van der Waals surface area (Å²) in [4.78, 5) is 11.0. The number of hydrogen-bond acceptors (Lipinski definition) is 3. The van der Waals surface area contributed by atoms with Gasteiger partial charge in [0.1, 0.15) is 0 Å². The summed E-state index contributed by atoms with van der Waals surface area (Å²) in [7, 11) is -1.45. The zero-order valence-corrected chi connectivity index (χ0v) is 10.9. The number of carboxylic acid groups (broad SMARTS) is 1. The molecule has 84 valence electrons. The highest BCUT2D eigenvalue weighted by Gasteiger charge is 2.40. The molecule has 14 heavy (non-hydrogen) atoms. The third-order valence-electron chi connectivity index (χ3n) is 1.35. The molecule has 0 saturated heterocycles. The fourth-order valence-electron chi connectivity index (χ4n) is 1.15. The van der Waals surface area contributed by atoms with Gasteiger partial charge in [-0.05, 0) is 33.9 Å². The van der Waals surface area contributed by atoms with Crippen molar-refractivity contribution in [2.24, 2.45) is 0 Å². The number of aliphatic carboxylic acids is 1. The summed E-state index contributed by atoms with van der Waals surface area (Å²) in [6.07, 6.45) is 0. The summed E-state index contributed by atoms with van der Waals surface area (Å²) in [6.45, 7) is 10.7. The maximum Gasteiger partial charge on any atom is 0.363 e. The van der Waals surface area contributed by atoms with E-state index in [1.807, 2.05) is 13.1 Å². The molecule has 5 heteroatoms. The van der Waals surface area contributed by atoms with Gasteiger partial charge in [0.2, 0.25) is 0 Å². The monoisotopic (exact) mass is 220 g/mol. The first-order valence-electron chi connectivity index (χ1n) is 4.68. The second-order valence-electron chi connectivity index (χ2n) is 4.63. The number of ether oxygens (including phenoxy) is 1. The average molecular weight is 220 g/mol. The molecule has 0 fully saturated rings. The highest BCUT2D eigenvalue weighted by molar-refractivity contribution is 6.48. The van der Waals surface area contributed by atoms with Gasteiger partial charge in [0.05, 0.1) is 5.60 Å². The SMILES string of the molecule is C[SiH](C)O[C@](C)(OC(C)(C)C)C(=O)O. The van der Waals surface area contributed by atoms with Crippen LogP contribution >= 0.6 is 0 Å². The molecule has 0 saturated carbocycles. The molecule has 0 aromatic rings. The molecular weight excluding hydrogens is 200 g/mol. The van der Waals surface area contributed by atoms with Crippen LogP contribution in [0.5, 0.6) is 0 Å². The molecule has 0 heterocycles. The number of rotatable bonds is 4. The summed E-state index contributed by atoms with van der Waals surface area (Å²) in [5.74, 6) is -2.59. The zero-order valence-electron chi connectivity index (χ0n) is 9.75. The van der Waals surface area contributed by atoms with Crippen LogP contribution in [-0.2, 0) is 14.0 Å². The van der Waals surface area contributed by atoms with Crippen LogP contribution < -0.4 is 0 Å². The lowest BCUT2D eigenvalue weighted by Crippen LogP contribution is -2.48. The van der Waals surface area contributed by atoms with Crippen molar-refractivity contribution in [1.29, 1.82) is 0 Å². The summed E-state index contributed by atoms with van der Waals surface area (Å²) in [5.41, 5.74) is -0.531. The van der Waals surface area contributed by atoms with Crippen molar-refractivity contribution in [3.8, 4) is 0 Å². The molecule has 0 aliphatic heterocycles. The van der Waals surface area contributed by atoms with E-state index in [2.05, 4.69) is 0 Å². The van der Waals surface area contributed by atoms with E-state index in [-0.39, 0.29) is 0 Å². The van der Waals surface area contributed by atoms with E-state index in [0.29, 0.717) is 0 Å². The van der Waals surface area contributed by atoms with Crippen LogP contribution in [0.2, 0.25) is 13.1 Å². The molecule has 0 aromatic heterocycles. The molecule has 0 rings (SSSR count). The Morgan fingerprint density at radius 2 is 1.64 bits per heavy atom. The minimum atomic E-state index is -1.52. The number of carbonyl (C=O) groups is 1. The Morgan fingerprint density at radius 3 is 1.86 bits per heavy atom. The van der Waals surface area contributed by atoms with Gasteiger partial charge in [-0.2, -0.15) is 0 Å². The van der Waals surface area contributed by atoms with Crippen molar-refractivity contribution in [1.82, 2.24) is 0 Å². The van der Waals surface area contributed by atoms with Crippen LogP contribution in [0, 0.1) is 0 Å². The first-order chi connectivity index (χ1) is 6.07. The van der Waals surface area contributed by atoms with Crippen molar-refractivity contribution in [3.63, 3.8) is 0 Å². The Bertz CT molecular complexity index is 209. The predicted octanol–water partition coefficient (Wildman–Crippen LogP) is 1.60. The van der Waals surface area contributed by atoms with E-state index < -0.39 is 26.4 Å². The van der Waals surface area contributed by atoms with Crippen LogP contribution in [0.15, 0.2) is 0 Å². The maximum absolute atomic E-state index is 11.0. The van der Waals surface area contributed by atoms with Crippen LogP contribution in [0.1, 0.15) is 27.7 Å². The Morgan fingerprint density at radius 1 is 1.21 bits per heavy atom. The normalized spacial score (nSPS) is 16.8. The van der Waals surface area contributed by atoms with Gasteiger partial charge < -0.3 is 14.3 Å². The van der Waals surface area contributed by atoms with Crippen molar-refractivity contribution in [2.75, 3.05) is 0 Å². The van der Waals surface area contributed by atoms with Crippen LogP contribution in [0.25, 0.3) is 0 Å². The van der Waals surface area contributed by atoms with Crippen LogP contribution in [0.4, 0.5) is 0 Å². The fourth-order valence-corrected chi connectivity index (χ4v) is 2.20. The first kappa shape index (κ1) is 13.6. The Balaban J connectivity index is 4.65. The van der Waals surface area contributed by atoms with Crippen molar-refractivity contribution in [2.45, 2.75) is 52.2 Å². The number of carboxylic acids is 1. The van der Waals surface area contributed by atoms with Gasteiger partial charge in [-0.15, -0.1) is 0 Å². The molecule has 0 bridgehead atoms. The molecule has 0 aliphatic carbocycles. The molecule has 0 radical (unpaired) electrons. The van der Waals surface area contributed by atoms with Crippen molar-refractivity contribution in [3.05, 3.63) is 0 Å². The lowest BCUT2D eigenvalue weighted by atomic mass is 10.1. The maximum atomic E-state index is 11.0. The molecule has 0 aromatic carbocycles. The van der Waals surface area contributed by atoms with Gasteiger partial charge >= 0.3 is 5.97 Å². The van der Waals surface area contributed by atoms with E-state index in [4.69, 9.17) is 14.3 Å². The van der Waals surface area contributed by atoms with Crippen LogP contribution in [-0.4, -0.2) is 31.5 Å². The largest absolute Gasteiger partial charge is 0.477 e. The minimum absolute atomic E-state index is 0.531.